The minimum atomic E-state index is -0.466. The summed E-state index contributed by atoms with van der Waals surface area (Å²) in [4.78, 5) is 22.7. The Morgan fingerprint density at radius 2 is 1.92 bits per heavy atom. The molecule has 7 nitrogen and oxygen atoms in total. The average molecular weight is 332 g/mol. The van der Waals surface area contributed by atoms with Crippen LogP contribution in [-0.4, -0.2) is 27.2 Å². The molecule has 1 aromatic rings. The molecular formula is C17H24N4O3. The summed E-state index contributed by atoms with van der Waals surface area (Å²) < 4.78 is 1.41. The van der Waals surface area contributed by atoms with Crippen molar-refractivity contribution in [2.24, 2.45) is 23.2 Å². The third kappa shape index (κ3) is 2.70. The zero-order valence-electron chi connectivity index (χ0n) is 14.0. The minimum Gasteiger partial charge on any atom is -0.354 e. The number of nitro groups is 1. The fraction of sp³-hybridized carbons (Fsp3) is 0.765. The second-order valence-corrected chi connectivity index (χ2v) is 8.22. The van der Waals surface area contributed by atoms with E-state index in [0.29, 0.717) is 11.1 Å². The van der Waals surface area contributed by atoms with Gasteiger partial charge in [-0.3, -0.25) is 19.6 Å². The van der Waals surface area contributed by atoms with Crippen LogP contribution in [0.1, 0.15) is 44.2 Å². The lowest BCUT2D eigenvalue weighted by atomic mass is 9.49. The van der Waals surface area contributed by atoms with Gasteiger partial charge < -0.3 is 5.32 Å². The summed E-state index contributed by atoms with van der Waals surface area (Å²) >= 11 is 0. The smallest absolute Gasteiger partial charge is 0.309 e. The van der Waals surface area contributed by atoms with Crippen LogP contribution in [0.3, 0.4) is 0 Å². The molecule has 4 fully saturated rings. The Morgan fingerprint density at radius 1 is 1.33 bits per heavy atom. The molecule has 4 aliphatic carbocycles. The monoisotopic (exact) mass is 332 g/mol. The molecule has 0 radical (unpaired) electrons. The second-order valence-electron chi connectivity index (χ2n) is 8.22. The van der Waals surface area contributed by atoms with Crippen LogP contribution in [0.15, 0.2) is 6.20 Å². The van der Waals surface area contributed by atoms with Gasteiger partial charge in [0.1, 0.15) is 18.4 Å². The highest BCUT2D eigenvalue weighted by atomic mass is 16.6. The molecule has 0 atom stereocenters. The summed E-state index contributed by atoms with van der Waals surface area (Å²) in [5, 5.41) is 17.9. The van der Waals surface area contributed by atoms with Crippen molar-refractivity contribution in [1.82, 2.24) is 15.1 Å². The quantitative estimate of drug-likeness (QED) is 0.662. The van der Waals surface area contributed by atoms with Gasteiger partial charge >= 0.3 is 5.69 Å². The van der Waals surface area contributed by atoms with Crippen LogP contribution in [0, 0.1) is 40.2 Å². The molecule has 0 unspecified atom stereocenters. The van der Waals surface area contributed by atoms with E-state index in [2.05, 4.69) is 10.4 Å². The van der Waals surface area contributed by atoms with Crippen molar-refractivity contribution < 1.29 is 9.72 Å². The maximum Gasteiger partial charge on any atom is 0.309 e. The van der Waals surface area contributed by atoms with E-state index in [-0.39, 0.29) is 18.1 Å². The number of nitrogens with one attached hydrogen (secondary N) is 1. The molecule has 130 valence electrons. The van der Waals surface area contributed by atoms with Crippen LogP contribution >= 0.6 is 0 Å². The van der Waals surface area contributed by atoms with Gasteiger partial charge in [-0.1, -0.05) is 0 Å². The number of nitrogens with zero attached hydrogens (tertiary/aromatic N) is 3. The molecule has 7 heteroatoms. The highest BCUT2D eigenvalue weighted by Gasteiger charge is 2.50. The van der Waals surface area contributed by atoms with Crippen LogP contribution in [-0.2, 0) is 11.3 Å². The Hall–Kier alpha value is -1.92. The molecule has 24 heavy (non-hydrogen) atoms. The normalized spacial score (nSPS) is 33.6. The first-order chi connectivity index (χ1) is 11.4. The van der Waals surface area contributed by atoms with Crippen molar-refractivity contribution >= 4 is 11.6 Å². The molecule has 1 aromatic heterocycles. The number of amides is 1. The van der Waals surface area contributed by atoms with Gasteiger partial charge in [-0.05, 0) is 68.6 Å². The number of carbonyl (C=O) groups is 1. The van der Waals surface area contributed by atoms with E-state index < -0.39 is 4.92 Å². The lowest BCUT2D eigenvalue weighted by Crippen LogP contribution is -2.51. The molecule has 1 amide bonds. The molecule has 0 aliphatic heterocycles. The van der Waals surface area contributed by atoms with Crippen molar-refractivity contribution in [3.05, 3.63) is 22.0 Å². The standard InChI is InChI=1S/C17H24N4O3/c1-11-15(21(23)24)8-19-20(11)9-16(22)18-10-17-5-12-2-13(6-17)4-14(3-12)7-17/h8,12-14H,2-7,9-10H2,1H3,(H,18,22). The van der Waals surface area contributed by atoms with Gasteiger partial charge in [-0.25, -0.2) is 0 Å². The van der Waals surface area contributed by atoms with E-state index in [1.807, 2.05) is 0 Å². The Bertz CT molecular complexity index is 646. The van der Waals surface area contributed by atoms with E-state index in [1.165, 1.54) is 49.4 Å². The first kappa shape index (κ1) is 15.6. The van der Waals surface area contributed by atoms with Crippen LogP contribution in [0.25, 0.3) is 0 Å². The summed E-state index contributed by atoms with van der Waals surface area (Å²) in [6.45, 7) is 2.42. The fourth-order valence-electron chi connectivity index (χ4n) is 5.76. The topological polar surface area (TPSA) is 90.1 Å². The van der Waals surface area contributed by atoms with Crippen molar-refractivity contribution in [2.75, 3.05) is 6.54 Å². The summed E-state index contributed by atoms with van der Waals surface area (Å²) in [7, 11) is 0. The van der Waals surface area contributed by atoms with E-state index in [4.69, 9.17) is 0 Å². The first-order valence-corrected chi connectivity index (χ1v) is 8.88. The summed E-state index contributed by atoms with van der Waals surface area (Å²) in [5.41, 5.74) is 0.684. The molecule has 4 saturated carbocycles. The lowest BCUT2D eigenvalue weighted by Gasteiger charge is -2.56. The predicted molar refractivity (Wildman–Crippen MR) is 87.2 cm³/mol. The average Bonchev–Trinajstić information content (AvgIpc) is 2.85. The third-order valence-electron chi connectivity index (χ3n) is 6.39. The number of carbonyl (C=O) groups excluding carboxylic acids is 1. The molecule has 0 spiro atoms. The van der Waals surface area contributed by atoms with Gasteiger partial charge in [0.05, 0.1) is 4.92 Å². The molecule has 1 heterocycles. The predicted octanol–water partition coefficient (Wildman–Crippen LogP) is 2.43. The van der Waals surface area contributed by atoms with Crippen molar-refractivity contribution in [2.45, 2.75) is 52.0 Å². The molecular weight excluding hydrogens is 308 g/mol. The molecule has 4 aliphatic rings. The van der Waals surface area contributed by atoms with Crippen LogP contribution in [0.4, 0.5) is 5.69 Å². The number of hydrogen-bond donors (Lipinski definition) is 1. The number of rotatable bonds is 5. The van der Waals surface area contributed by atoms with Crippen LogP contribution in [0.2, 0.25) is 0 Å². The van der Waals surface area contributed by atoms with Gasteiger partial charge in [0.25, 0.3) is 0 Å². The van der Waals surface area contributed by atoms with Crippen molar-refractivity contribution in [3.63, 3.8) is 0 Å². The highest BCUT2D eigenvalue weighted by molar-refractivity contribution is 5.75. The first-order valence-electron chi connectivity index (χ1n) is 8.88. The number of hydrogen-bond acceptors (Lipinski definition) is 4. The lowest BCUT2D eigenvalue weighted by molar-refractivity contribution is -0.385. The van der Waals surface area contributed by atoms with Crippen LogP contribution in [0.5, 0.6) is 0 Å². The SMILES string of the molecule is Cc1c([N+](=O)[O-])cnn1CC(=O)NCC12CC3CC(CC(C3)C1)C2. The van der Waals surface area contributed by atoms with E-state index >= 15 is 0 Å². The zero-order chi connectivity index (χ0) is 16.9. The van der Waals surface area contributed by atoms with Gasteiger partial charge in [0, 0.05) is 6.54 Å². The second kappa shape index (κ2) is 5.57. The van der Waals surface area contributed by atoms with E-state index in [9.17, 15) is 14.9 Å². The molecule has 1 N–H and O–H groups in total. The third-order valence-corrected chi connectivity index (χ3v) is 6.39. The fourth-order valence-corrected chi connectivity index (χ4v) is 5.76. The van der Waals surface area contributed by atoms with Crippen LogP contribution < -0.4 is 5.32 Å². The zero-order valence-corrected chi connectivity index (χ0v) is 14.0. The number of aromatic nitrogens is 2. The Balaban J connectivity index is 1.36. The molecule has 4 bridgehead atoms. The van der Waals surface area contributed by atoms with Gasteiger partial charge in [0.15, 0.2) is 0 Å². The van der Waals surface area contributed by atoms with E-state index in [0.717, 1.165) is 24.3 Å². The Kier molecular flexibility index (Phi) is 3.62. The largest absolute Gasteiger partial charge is 0.354 e. The molecule has 5 rings (SSSR count). The Morgan fingerprint density at radius 3 is 2.42 bits per heavy atom. The minimum absolute atomic E-state index is 0.0381. The van der Waals surface area contributed by atoms with Crippen molar-refractivity contribution in [3.8, 4) is 0 Å². The van der Waals surface area contributed by atoms with Gasteiger partial charge in [-0.15, -0.1) is 0 Å². The Labute approximate surface area is 140 Å². The molecule has 0 aromatic carbocycles. The summed E-state index contributed by atoms with van der Waals surface area (Å²) in [6, 6.07) is 0. The highest BCUT2D eigenvalue weighted by Crippen LogP contribution is 2.59. The molecule has 0 saturated heterocycles. The summed E-state index contributed by atoms with van der Waals surface area (Å²) in [6.07, 6.45) is 9.15. The maximum absolute atomic E-state index is 12.3. The maximum atomic E-state index is 12.3. The van der Waals surface area contributed by atoms with E-state index in [1.54, 1.807) is 6.92 Å². The van der Waals surface area contributed by atoms with Crippen molar-refractivity contribution in [1.29, 1.82) is 0 Å². The van der Waals surface area contributed by atoms with Gasteiger partial charge in [0.2, 0.25) is 5.91 Å². The van der Waals surface area contributed by atoms with Gasteiger partial charge in [-0.2, -0.15) is 5.10 Å². The summed E-state index contributed by atoms with van der Waals surface area (Å²) in [5.74, 6) is 2.49.